The van der Waals surface area contributed by atoms with Gasteiger partial charge in [-0.1, -0.05) is 26.7 Å². The van der Waals surface area contributed by atoms with Gasteiger partial charge in [-0.3, -0.25) is 9.48 Å². The summed E-state index contributed by atoms with van der Waals surface area (Å²) in [5, 5.41) is 4.41. The molecule has 0 radical (unpaired) electrons. The summed E-state index contributed by atoms with van der Waals surface area (Å²) < 4.78 is 2.01. The van der Waals surface area contributed by atoms with Crippen LogP contribution in [0.4, 0.5) is 0 Å². The molecule has 19 heavy (non-hydrogen) atoms. The highest BCUT2D eigenvalue weighted by Crippen LogP contribution is 2.32. The zero-order valence-electron chi connectivity index (χ0n) is 12.4. The zero-order valence-corrected chi connectivity index (χ0v) is 12.4. The number of carbonyl (C=O) groups excluding carboxylic acids is 1. The lowest BCUT2D eigenvalue weighted by atomic mass is 9.92. The summed E-state index contributed by atoms with van der Waals surface area (Å²) in [5.41, 5.74) is 3.07. The fourth-order valence-electron chi connectivity index (χ4n) is 2.66. The minimum Gasteiger partial charge on any atom is -0.295 e. The third-order valence-electron chi connectivity index (χ3n) is 3.89. The van der Waals surface area contributed by atoms with Crippen LogP contribution in [-0.2, 0) is 11.3 Å². The summed E-state index contributed by atoms with van der Waals surface area (Å²) >= 11 is 0. The molecule has 1 aliphatic carbocycles. The third kappa shape index (κ3) is 3.55. The summed E-state index contributed by atoms with van der Waals surface area (Å²) in [4.78, 5) is 11.7. The molecule has 0 aromatic carbocycles. The molecule has 1 aromatic heterocycles. The van der Waals surface area contributed by atoms with E-state index < -0.39 is 0 Å². The van der Waals surface area contributed by atoms with Crippen LogP contribution in [0.25, 0.3) is 5.57 Å². The van der Waals surface area contributed by atoms with Crippen molar-refractivity contribution in [1.82, 2.24) is 9.78 Å². The van der Waals surface area contributed by atoms with Crippen molar-refractivity contribution in [3.8, 4) is 0 Å². The fraction of sp³-hybridized carbons (Fsp3) is 0.625. The summed E-state index contributed by atoms with van der Waals surface area (Å²) in [6.07, 6.45) is 7.95. The lowest BCUT2D eigenvalue weighted by Gasteiger charge is -2.11. The van der Waals surface area contributed by atoms with Gasteiger partial charge in [-0.15, -0.1) is 0 Å². The Labute approximate surface area is 115 Å². The van der Waals surface area contributed by atoms with Gasteiger partial charge in [-0.05, 0) is 37.7 Å². The topological polar surface area (TPSA) is 34.9 Å². The molecular weight excluding hydrogens is 236 g/mol. The molecule has 0 N–H and O–H groups in total. The second-order valence-electron chi connectivity index (χ2n) is 5.97. The maximum Gasteiger partial charge on any atom is 0.156 e. The average Bonchev–Trinajstić information content (AvgIpc) is 3.02. The highest BCUT2D eigenvalue weighted by atomic mass is 16.1. The summed E-state index contributed by atoms with van der Waals surface area (Å²) in [7, 11) is 0. The molecule has 0 aliphatic heterocycles. The number of aryl methyl sites for hydroxylation is 1. The van der Waals surface area contributed by atoms with E-state index in [0.29, 0.717) is 0 Å². The Morgan fingerprint density at radius 1 is 1.42 bits per heavy atom. The molecule has 0 bridgehead atoms. The van der Waals surface area contributed by atoms with Gasteiger partial charge in [0.2, 0.25) is 0 Å². The number of rotatable bonds is 6. The number of hydrogen-bond donors (Lipinski definition) is 0. The molecule has 0 spiro atoms. The molecule has 3 heteroatoms. The van der Waals surface area contributed by atoms with Gasteiger partial charge in [-0.2, -0.15) is 5.10 Å². The first-order chi connectivity index (χ1) is 8.99. The maximum atomic E-state index is 11.7. The molecule has 3 nitrogen and oxygen atoms in total. The van der Waals surface area contributed by atoms with Gasteiger partial charge in [-0.25, -0.2) is 0 Å². The van der Waals surface area contributed by atoms with E-state index in [-0.39, 0.29) is 11.7 Å². The van der Waals surface area contributed by atoms with Gasteiger partial charge >= 0.3 is 0 Å². The van der Waals surface area contributed by atoms with Crippen LogP contribution in [0.2, 0.25) is 0 Å². The van der Waals surface area contributed by atoms with Crippen molar-refractivity contribution in [2.24, 2.45) is 11.8 Å². The molecule has 1 heterocycles. The van der Waals surface area contributed by atoms with Crippen LogP contribution in [0.1, 0.15) is 52.5 Å². The number of hydrogen-bond acceptors (Lipinski definition) is 2. The Balaban J connectivity index is 2.14. The number of allylic oxidation sites excluding steroid dienone is 2. The van der Waals surface area contributed by atoms with Gasteiger partial charge in [0.05, 0.1) is 6.20 Å². The van der Waals surface area contributed by atoms with E-state index in [0.717, 1.165) is 29.2 Å². The quantitative estimate of drug-likeness (QED) is 0.731. The molecule has 1 aliphatic rings. The minimum atomic E-state index is 0.165. The van der Waals surface area contributed by atoms with Crippen LogP contribution in [-0.4, -0.2) is 15.6 Å². The average molecular weight is 260 g/mol. The van der Waals surface area contributed by atoms with E-state index in [4.69, 9.17) is 0 Å². The normalized spacial score (nSPS) is 16.7. The summed E-state index contributed by atoms with van der Waals surface area (Å²) in [5.74, 6) is 1.35. The van der Waals surface area contributed by atoms with Crippen molar-refractivity contribution < 1.29 is 4.79 Å². The number of nitrogens with zero attached hydrogens (tertiary/aromatic N) is 2. The van der Waals surface area contributed by atoms with Gasteiger partial charge < -0.3 is 0 Å². The molecule has 1 aromatic rings. The van der Waals surface area contributed by atoms with Crippen molar-refractivity contribution in [3.63, 3.8) is 0 Å². The monoisotopic (exact) mass is 260 g/mol. The molecular formula is C16H24N2O. The number of aromatic nitrogens is 2. The van der Waals surface area contributed by atoms with Crippen molar-refractivity contribution in [2.45, 2.75) is 53.5 Å². The van der Waals surface area contributed by atoms with E-state index in [9.17, 15) is 4.79 Å². The Morgan fingerprint density at radius 2 is 2.11 bits per heavy atom. The van der Waals surface area contributed by atoms with Crippen molar-refractivity contribution in [1.29, 1.82) is 0 Å². The van der Waals surface area contributed by atoms with Gasteiger partial charge in [0.1, 0.15) is 0 Å². The lowest BCUT2D eigenvalue weighted by molar-refractivity contribution is -0.113. The smallest absolute Gasteiger partial charge is 0.156 e. The van der Waals surface area contributed by atoms with Gasteiger partial charge in [0.25, 0.3) is 0 Å². The maximum absolute atomic E-state index is 11.7. The molecule has 1 fully saturated rings. The first kappa shape index (κ1) is 14.0. The second kappa shape index (κ2) is 5.72. The zero-order chi connectivity index (χ0) is 14.0. The Morgan fingerprint density at radius 3 is 2.63 bits per heavy atom. The lowest BCUT2D eigenvalue weighted by Crippen LogP contribution is -2.06. The van der Waals surface area contributed by atoms with Crippen LogP contribution in [0.3, 0.4) is 0 Å². The predicted octanol–water partition coefficient (Wildman–Crippen LogP) is 3.70. The first-order valence-electron chi connectivity index (χ1n) is 7.23. The summed E-state index contributed by atoms with van der Waals surface area (Å²) in [6, 6.07) is 0. The van der Waals surface area contributed by atoms with Crippen LogP contribution < -0.4 is 0 Å². The van der Waals surface area contributed by atoms with Crippen molar-refractivity contribution >= 4 is 11.4 Å². The van der Waals surface area contributed by atoms with Crippen LogP contribution in [0.15, 0.2) is 18.0 Å². The van der Waals surface area contributed by atoms with E-state index in [1.807, 2.05) is 17.8 Å². The molecule has 0 unspecified atom stereocenters. The molecule has 1 saturated carbocycles. The van der Waals surface area contributed by atoms with E-state index >= 15 is 0 Å². The van der Waals surface area contributed by atoms with E-state index in [1.54, 1.807) is 6.92 Å². The Bertz CT molecular complexity index is 493. The minimum absolute atomic E-state index is 0.165. The van der Waals surface area contributed by atoms with Gasteiger partial charge in [0, 0.05) is 23.9 Å². The molecule has 2 rings (SSSR count). The first-order valence-corrected chi connectivity index (χ1v) is 7.23. The van der Waals surface area contributed by atoms with Crippen molar-refractivity contribution in [3.05, 3.63) is 23.5 Å². The van der Waals surface area contributed by atoms with Crippen LogP contribution in [0.5, 0.6) is 0 Å². The Hall–Kier alpha value is -1.38. The SMILES string of the molecule is CC(=O)C(=C(C)c1cnn(CCC2CC2)c1)C(C)C. The van der Waals surface area contributed by atoms with E-state index in [1.165, 1.54) is 19.3 Å². The predicted molar refractivity (Wildman–Crippen MR) is 77.7 cm³/mol. The number of carbonyl (C=O) groups is 1. The standard InChI is InChI=1S/C16H24N2O/c1-11(2)16(13(4)19)12(3)15-9-17-18(10-15)8-7-14-5-6-14/h9-11,14H,5-8H2,1-4H3. The highest BCUT2D eigenvalue weighted by molar-refractivity contribution is 6.01. The van der Waals surface area contributed by atoms with Crippen molar-refractivity contribution in [2.75, 3.05) is 0 Å². The molecule has 0 atom stereocenters. The summed E-state index contributed by atoms with van der Waals surface area (Å²) in [6.45, 7) is 8.81. The Kier molecular flexibility index (Phi) is 4.23. The second-order valence-corrected chi connectivity index (χ2v) is 5.97. The van der Waals surface area contributed by atoms with E-state index in [2.05, 4.69) is 25.1 Å². The molecule has 104 valence electrons. The third-order valence-corrected chi connectivity index (χ3v) is 3.89. The largest absolute Gasteiger partial charge is 0.295 e. The highest BCUT2D eigenvalue weighted by Gasteiger charge is 2.21. The van der Waals surface area contributed by atoms with Crippen LogP contribution >= 0.6 is 0 Å². The number of Topliss-reactive ketones (excluding diaryl/α,β-unsaturated/α-hetero) is 1. The van der Waals surface area contributed by atoms with Gasteiger partial charge in [0.15, 0.2) is 5.78 Å². The number of ketones is 1. The molecule has 0 saturated heterocycles. The van der Waals surface area contributed by atoms with Crippen LogP contribution in [0, 0.1) is 11.8 Å². The molecule has 0 amide bonds. The fourth-order valence-corrected chi connectivity index (χ4v) is 2.66.